The Hall–Kier alpha value is -1.24. The standard InChI is InChI=1S/C9H9N.CH4/c1-7-2-3-9-8(6-7)4-5-10-9;/h2-6,10H,1H3;1H4. The molecule has 0 saturated heterocycles. The minimum Gasteiger partial charge on any atom is -0.361 e. The summed E-state index contributed by atoms with van der Waals surface area (Å²) in [4.78, 5) is 3.15. The van der Waals surface area contributed by atoms with Gasteiger partial charge in [0.25, 0.3) is 0 Å². The van der Waals surface area contributed by atoms with Gasteiger partial charge in [0, 0.05) is 11.7 Å². The van der Waals surface area contributed by atoms with Crippen molar-refractivity contribution in [2.75, 3.05) is 0 Å². The van der Waals surface area contributed by atoms with Crippen LogP contribution in [0.4, 0.5) is 0 Å². The van der Waals surface area contributed by atoms with Crippen molar-refractivity contribution in [2.24, 2.45) is 0 Å². The summed E-state index contributed by atoms with van der Waals surface area (Å²) in [6, 6.07) is 8.47. The lowest BCUT2D eigenvalue weighted by atomic mass is 10.2. The summed E-state index contributed by atoms with van der Waals surface area (Å²) < 4.78 is 0. The average molecular weight is 147 g/mol. The van der Waals surface area contributed by atoms with Crippen molar-refractivity contribution in [2.45, 2.75) is 14.4 Å². The predicted octanol–water partition coefficient (Wildman–Crippen LogP) is 3.11. The van der Waals surface area contributed by atoms with Crippen LogP contribution < -0.4 is 0 Å². The second-order valence-electron chi connectivity index (χ2n) is 2.57. The molecule has 0 unspecified atom stereocenters. The Bertz CT molecular complexity index is 346. The molecule has 1 aromatic carbocycles. The summed E-state index contributed by atoms with van der Waals surface area (Å²) in [5, 5.41) is 1.29. The molecule has 2 aromatic rings. The number of aromatic nitrogens is 1. The van der Waals surface area contributed by atoms with Gasteiger partial charge >= 0.3 is 0 Å². The maximum Gasteiger partial charge on any atom is 0.0454 e. The number of H-pyrrole nitrogens is 1. The lowest BCUT2D eigenvalue weighted by molar-refractivity contribution is 1.46. The van der Waals surface area contributed by atoms with Crippen LogP contribution in [0.1, 0.15) is 13.0 Å². The lowest BCUT2D eigenvalue weighted by Crippen LogP contribution is -1.69. The minimum absolute atomic E-state index is 0. The number of benzene rings is 1. The third kappa shape index (κ3) is 1.27. The average Bonchev–Trinajstić information content (AvgIpc) is 2.33. The van der Waals surface area contributed by atoms with Gasteiger partial charge in [0.05, 0.1) is 0 Å². The summed E-state index contributed by atoms with van der Waals surface area (Å²) in [6.07, 6.45) is 1.96. The molecular formula is C10H13N. The molecule has 1 N–H and O–H groups in total. The molecule has 0 spiro atoms. The first-order valence-electron chi connectivity index (χ1n) is 3.40. The zero-order valence-corrected chi connectivity index (χ0v) is 5.89. The monoisotopic (exact) mass is 147 g/mol. The van der Waals surface area contributed by atoms with E-state index in [1.54, 1.807) is 0 Å². The second-order valence-corrected chi connectivity index (χ2v) is 2.57. The van der Waals surface area contributed by atoms with Gasteiger partial charge in [-0.2, -0.15) is 0 Å². The largest absolute Gasteiger partial charge is 0.361 e. The van der Waals surface area contributed by atoms with Gasteiger partial charge < -0.3 is 4.98 Å². The van der Waals surface area contributed by atoms with E-state index in [1.165, 1.54) is 16.5 Å². The van der Waals surface area contributed by atoms with Crippen molar-refractivity contribution >= 4 is 10.9 Å². The molecule has 0 bridgehead atoms. The van der Waals surface area contributed by atoms with Crippen molar-refractivity contribution in [3.05, 3.63) is 36.0 Å². The molecule has 58 valence electrons. The van der Waals surface area contributed by atoms with E-state index in [-0.39, 0.29) is 7.43 Å². The first-order chi connectivity index (χ1) is 4.86. The minimum atomic E-state index is 0. The van der Waals surface area contributed by atoms with Crippen molar-refractivity contribution < 1.29 is 0 Å². The zero-order chi connectivity index (χ0) is 6.97. The van der Waals surface area contributed by atoms with Gasteiger partial charge in [0.15, 0.2) is 0 Å². The molecule has 0 aliphatic carbocycles. The van der Waals surface area contributed by atoms with E-state index in [4.69, 9.17) is 0 Å². The Morgan fingerprint density at radius 2 is 2.00 bits per heavy atom. The summed E-state index contributed by atoms with van der Waals surface area (Å²) in [5.41, 5.74) is 2.53. The molecule has 0 aliphatic rings. The third-order valence-electron chi connectivity index (χ3n) is 1.71. The van der Waals surface area contributed by atoms with Crippen LogP contribution in [0.25, 0.3) is 10.9 Å². The Balaban J connectivity index is 0.000000605. The molecule has 0 radical (unpaired) electrons. The van der Waals surface area contributed by atoms with Gasteiger partial charge in [0.2, 0.25) is 0 Å². The maximum absolute atomic E-state index is 3.15. The Labute approximate surface area is 67.1 Å². The van der Waals surface area contributed by atoms with Crippen LogP contribution in [0.15, 0.2) is 30.5 Å². The summed E-state index contributed by atoms with van der Waals surface area (Å²) in [5.74, 6) is 0. The Morgan fingerprint density at radius 3 is 2.82 bits per heavy atom. The van der Waals surface area contributed by atoms with Gasteiger partial charge in [-0.3, -0.25) is 0 Å². The van der Waals surface area contributed by atoms with Gasteiger partial charge in [0.1, 0.15) is 0 Å². The highest BCUT2D eigenvalue weighted by molar-refractivity contribution is 5.79. The predicted molar refractivity (Wildman–Crippen MR) is 49.8 cm³/mol. The number of fused-ring (bicyclic) bond motifs is 1. The molecule has 2 rings (SSSR count). The first kappa shape index (κ1) is 7.86. The highest BCUT2D eigenvalue weighted by atomic mass is 14.7. The molecule has 1 nitrogen and oxygen atoms in total. The fourth-order valence-electron chi connectivity index (χ4n) is 1.17. The van der Waals surface area contributed by atoms with Crippen molar-refractivity contribution in [1.29, 1.82) is 0 Å². The van der Waals surface area contributed by atoms with Gasteiger partial charge in [-0.1, -0.05) is 19.1 Å². The van der Waals surface area contributed by atoms with Gasteiger partial charge in [-0.25, -0.2) is 0 Å². The van der Waals surface area contributed by atoms with E-state index < -0.39 is 0 Å². The van der Waals surface area contributed by atoms with Crippen LogP contribution in [0.5, 0.6) is 0 Å². The summed E-state index contributed by atoms with van der Waals surface area (Å²) in [7, 11) is 0. The van der Waals surface area contributed by atoms with E-state index in [0.29, 0.717) is 0 Å². The second kappa shape index (κ2) is 2.79. The van der Waals surface area contributed by atoms with E-state index in [0.717, 1.165) is 0 Å². The van der Waals surface area contributed by atoms with E-state index in [2.05, 4.69) is 36.2 Å². The normalized spacial score (nSPS) is 9.55. The molecule has 0 aliphatic heterocycles. The fourth-order valence-corrected chi connectivity index (χ4v) is 1.17. The number of aromatic amines is 1. The molecule has 0 atom stereocenters. The van der Waals surface area contributed by atoms with E-state index in [9.17, 15) is 0 Å². The van der Waals surface area contributed by atoms with Crippen LogP contribution in [0, 0.1) is 6.92 Å². The van der Waals surface area contributed by atoms with Gasteiger partial charge in [-0.05, 0) is 30.5 Å². The first-order valence-corrected chi connectivity index (χ1v) is 3.40. The number of hydrogen-bond donors (Lipinski definition) is 1. The lowest BCUT2D eigenvalue weighted by Gasteiger charge is -1.90. The fraction of sp³-hybridized carbons (Fsp3) is 0.200. The van der Waals surface area contributed by atoms with Crippen LogP contribution in [-0.4, -0.2) is 4.98 Å². The SMILES string of the molecule is C.Cc1ccc2[nH]ccc2c1. The maximum atomic E-state index is 3.15. The third-order valence-corrected chi connectivity index (χ3v) is 1.71. The number of nitrogens with one attached hydrogen (secondary N) is 1. The molecule has 0 saturated carbocycles. The van der Waals surface area contributed by atoms with E-state index >= 15 is 0 Å². The molecule has 11 heavy (non-hydrogen) atoms. The molecule has 1 aromatic heterocycles. The molecule has 0 amide bonds. The topological polar surface area (TPSA) is 15.8 Å². The van der Waals surface area contributed by atoms with Crippen LogP contribution in [-0.2, 0) is 0 Å². The van der Waals surface area contributed by atoms with Crippen molar-refractivity contribution in [1.82, 2.24) is 4.98 Å². The molecular weight excluding hydrogens is 134 g/mol. The highest BCUT2D eigenvalue weighted by Gasteiger charge is 1.90. The summed E-state index contributed by atoms with van der Waals surface area (Å²) >= 11 is 0. The number of hydrogen-bond acceptors (Lipinski definition) is 0. The van der Waals surface area contributed by atoms with Crippen molar-refractivity contribution in [3.8, 4) is 0 Å². The van der Waals surface area contributed by atoms with Crippen LogP contribution >= 0.6 is 0 Å². The van der Waals surface area contributed by atoms with Crippen LogP contribution in [0.3, 0.4) is 0 Å². The van der Waals surface area contributed by atoms with Crippen molar-refractivity contribution in [3.63, 3.8) is 0 Å². The van der Waals surface area contributed by atoms with Gasteiger partial charge in [-0.15, -0.1) is 0 Å². The van der Waals surface area contributed by atoms with Crippen LogP contribution in [0.2, 0.25) is 0 Å². The number of rotatable bonds is 0. The zero-order valence-electron chi connectivity index (χ0n) is 5.89. The smallest absolute Gasteiger partial charge is 0.0454 e. The summed E-state index contributed by atoms with van der Waals surface area (Å²) in [6.45, 7) is 2.10. The van der Waals surface area contributed by atoms with E-state index in [1.807, 2.05) is 6.20 Å². The highest BCUT2D eigenvalue weighted by Crippen LogP contribution is 2.12. The number of aryl methyl sites for hydroxylation is 1. The molecule has 1 heteroatoms. The Kier molecular flexibility index (Phi) is 1.99. The quantitative estimate of drug-likeness (QED) is 0.589. The molecule has 0 fully saturated rings. The molecule has 1 heterocycles. The Morgan fingerprint density at radius 1 is 1.18 bits per heavy atom.